The highest BCUT2D eigenvalue weighted by molar-refractivity contribution is 6.32. The number of likely N-dealkylation sites (tertiary alicyclic amines) is 1. The van der Waals surface area contributed by atoms with Gasteiger partial charge in [-0.15, -0.1) is 0 Å². The minimum Gasteiger partial charge on any atom is -0.389 e. The van der Waals surface area contributed by atoms with Gasteiger partial charge in [-0.05, 0) is 94.3 Å². The summed E-state index contributed by atoms with van der Waals surface area (Å²) in [4.78, 5) is 19.9. The second kappa shape index (κ2) is 9.90. The maximum Gasteiger partial charge on any atom is 0.229 e. The second-order valence-corrected chi connectivity index (χ2v) is 12.1. The number of pyridine rings is 1. The van der Waals surface area contributed by atoms with E-state index in [1.165, 1.54) is 0 Å². The van der Waals surface area contributed by atoms with Crippen molar-refractivity contribution in [1.82, 2.24) is 19.7 Å². The third kappa shape index (κ3) is 4.62. The number of halogens is 1. The summed E-state index contributed by atoms with van der Waals surface area (Å²) < 4.78 is 7.55. The molecule has 4 atom stereocenters. The fraction of sp³-hybridized carbons (Fsp3) is 0.552. The molecule has 6 rings (SSSR count). The summed E-state index contributed by atoms with van der Waals surface area (Å²) in [6.07, 6.45) is 5.92. The van der Waals surface area contributed by atoms with Gasteiger partial charge in [-0.3, -0.25) is 14.4 Å². The molecule has 3 fully saturated rings. The lowest BCUT2D eigenvalue weighted by atomic mass is 9.85. The van der Waals surface area contributed by atoms with E-state index in [1.807, 2.05) is 29.1 Å². The fourth-order valence-electron chi connectivity index (χ4n) is 6.30. The molecule has 1 saturated carbocycles. The molecule has 2 saturated heterocycles. The van der Waals surface area contributed by atoms with Crippen LogP contribution in [0.4, 0.5) is 5.82 Å². The minimum absolute atomic E-state index is 0.00601. The van der Waals surface area contributed by atoms with Crippen LogP contribution in [-0.2, 0) is 9.53 Å². The van der Waals surface area contributed by atoms with Crippen molar-refractivity contribution >= 4 is 34.1 Å². The monoisotopic (exact) mass is 537 g/mol. The number of ether oxygens (including phenoxy) is 1. The first-order valence-corrected chi connectivity index (χ1v) is 14.1. The third-order valence-corrected chi connectivity index (χ3v) is 9.16. The molecule has 9 heteroatoms. The Balaban J connectivity index is 1.14. The highest BCUT2D eigenvalue weighted by atomic mass is 35.5. The lowest BCUT2D eigenvalue weighted by Gasteiger charge is -2.43. The Bertz CT molecular complexity index is 1350. The summed E-state index contributed by atoms with van der Waals surface area (Å²) >= 11 is 6.75. The number of rotatable bonds is 6. The number of anilines is 1. The number of fused-ring (bicyclic) bond motifs is 1. The Morgan fingerprint density at radius 1 is 1.24 bits per heavy atom. The van der Waals surface area contributed by atoms with Gasteiger partial charge >= 0.3 is 0 Å². The number of piperidine rings is 1. The molecule has 2 N–H and O–H groups in total. The van der Waals surface area contributed by atoms with Crippen LogP contribution in [0.1, 0.15) is 69.2 Å². The molecule has 4 heterocycles. The molecular weight excluding hydrogens is 502 g/mol. The number of benzene rings is 1. The van der Waals surface area contributed by atoms with Crippen molar-refractivity contribution in [1.29, 1.82) is 0 Å². The molecule has 3 aromatic rings. The predicted octanol–water partition coefficient (Wildman–Crippen LogP) is 4.74. The van der Waals surface area contributed by atoms with Gasteiger partial charge < -0.3 is 15.2 Å². The van der Waals surface area contributed by atoms with E-state index in [0.717, 1.165) is 59.4 Å². The summed E-state index contributed by atoms with van der Waals surface area (Å²) in [5, 5.41) is 20.6. The molecule has 2 aromatic heterocycles. The predicted molar refractivity (Wildman–Crippen MR) is 148 cm³/mol. The van der Waals surface area contributed by atoms with Gasteiger partial charge in [0.25, 0.3) is 0 Å². The van der Waals surface area contributed by atoms with Crippen molar-refractivity contribution in [3.05, 3.63) is 52.9 Å². The smallest absolute Gasteiger partial charge is 0.229 e. The summed E-state index contributed by atoms with van der Waals surface area (Å²) in [7, 11) is 0. The van der Waals surface area contributed by atoms with Crippen LogP contribution in [0.5, 0.6) is 0 Å². The van der Waals surface area contributed by atoms with Crippen LogP contribution in [-0.4, -0.2) is 68.6 Å². The highest BCUT2D eigenvalue weighted by Gasteiger charge is 2.46. The average Bonchev–Trinajstić information content (AvgIpc) is 3.40. The van der Waals surface area contributed by atoms with Crippen LogP contribution in [0.3, 0.4) is 0 Å². The number of aromatic nitrogens is 3. The molecule has 0 spiro atoms. The van der Waals surface area contributed by atoms with E-state index in [2.05, 4.69) is 47.1 Å². The molecule has 3 aliphatic rings. The van der Waals surface area contributed by atoms with Crippen LogP contribution in [0.25, 0.3) is 10.8 Å². The number of aliphatic hydroxyl groups excluding tert-OH is 1. The van der Waals surface area contributed by atoms with E-state index >= 15 is 0 Å². The van der Waals surface area contributed by atoms with Gasteiger partial charge in [0.05, 0.1) is 24.9 Å². The van der Waals surface area contributed by atoms with Gasteiger partial charge in [-0.25, -0.2) is 4.98 Å². The van der Waals surface area contributed by atoms with Gasteiger partial charge in [0, 0.05) is 46.4 Å². The fourth-order valence-corrected chi connectivity index (χ4v) is 6.63. The SMILES string of the molecule is CC(C)n1nccc1C1CC1C(=O)Nc1cc2cc(C3CCN(C4(C)COCC4O)CC3)c(Cl)cc2cn1. The summed E-state index contributed by atoms with van der Waals surface area (Å²) in [5.41, 5.74) is 1.95. The van der Waals surface area contributed by atoms with Gasteiger partial charge in [-0.1, -0.05) is 11.6 Å². The van der Waals surface area contributed by atoms with E-state index in [4.69, 9.17) is 16.3 Å². The zero-order chi connectivity index (χ0) is 26.6. The number of hydrogen-bond donors (Lipinski definition) is 2. The molecule has 38 heavy (non-hydrogen) atoms. The van der Waals surface area contributed by atoms with E-state index in [0.29, 0.717) is 24.9 Å². The van der Waals surface area contributed by atoms with Gasteiger partial charge in [0.15, 0.2) is 0 Å². The number of carbonyl (C=O) groups is 1. The Morgan fingerprint density at radius 2 is 2.03 bits per heavy atom. The van der Waals surface area contributed by atoms with Crippen molar-refractivity contribution in [3.8, 4) is 0 Å². The van der Waals surface area contributed by atoms with Crippen LogP contribution in [0.15, 0.2) is 36.7 Å². The quantitative estimate of drug-likeness (QED) is 0.472. The number of nitrogens with zero attached hydrogens (tertiary/aromatic N) is 4. The molecule has 0 bridgehead atoms. The van der Waals surface area contributed by atoms with Crippen molar-refractivity contribution in [2.75, 3.05) is 31.6 Å². The minimum atomic E-state index is -0.451. The normalized spacial score (nSPS) is 28.3. The number of aliphatic hydroxyl groups is 1. The first-order chi connectivity index (χ1) is 18.2. The number of carbonyl (C=O) groups excluding carboxylic acids is 1. The van der Waals surface area contributed by atoms with Crippen molar-refractivity contribution in [2.45, 2.75) is 69.6 Å². The average molecular weight is 538 g/mol. The van der Waals surface area contributed by atoms with E-state index in [1.54, 1.807) is 6.20 Å². The van der Waals surface area contributed by atoms with Crippen LogP contribution < -0.4 is 5.32 Å². The lowest BCUT2D eigenvalue weighted by Crippen LogP contribution is -2.56. The maximum absolute atomic E-state index is 13.0. The molecule has 0 radical (unpaired) electrons. The molecule has 8 nitrogen and oxygen atoms in total. The Kier molecular flexibility index (Phi) is 6.71. The van der Waals surface area contributed by atoms with Crippen molar-refractivity contribution < 1.29 is 14.6 Å². The largest absolute Gasteiger partial charge is 0.389 e. The zero-order valence-corrected chi connectivity index (χ0v) is 23.0. The Labute approximate surface area is 228 Å². The number of nitrogens with one attached hydrogen (secondary N) is 1. The molecule has 2 aliphatic heterocycles. The van der Waals surface area contributed by atoms with Crippen LogP contribution >= 0.6 is 11.6 Å². The van der Waals surface area contributed by atoms with Crippen molar-refractivity contribution in [2.24, 2.45) is 5.92 Å². The van der Waals surface area contributed by atoms with Crippen LogP contribution in [0, 0.1) is 5.92 Å². The summed E-state index contributed by atoms with van der Waals surface area (Å²) in [6, 6.07) is 8.38. The zero-order valence-electron chi connectivity index (χ0n) is 22.2. The highest BCUT2D eigenvalue weighted by Crippen LogP contribution is 2.48. The molecule has 202 valence electrons. The molecule has 1 aliphatic carbocycles. The number of hydrogen-bond acceptors (Lipinski definition) is 6. The topological polar surface area (TPSA) is 92.5 Å². The van der Waals surface area contributed by atoms with Gasteiger partial charge in [0.1, 0.15) is 5.82 Å². The summed E-state index contributed by atoms with van der Waals surface area (Å²) in [5.74, 6) is 1.06. The van der Waals surface area contributed by atoms with E-state index in [-0.39, 0.29) is 29.3 Å². The van der Waals surface area contributed by atoms with Crippen molar-refractivity contribution in [3.63, 3.8) is 0 Å². The Morgan fingerprint density at radius 3 is 2.74 bits per heavy atom. The molecular formula is C29H36ClN5O3. The second-order valence-electron chi connectivity index (χ2n) is 11.7. The summed E-state index contributed by atoms with van der Waals surface area (Å²) in [6.45, 7) is 9.07. The number of amides is 1. The Hall–Kier alpha value is -2.52. The van der Waals surface area contributed by atoms with Crippen LogP contribution in [0.2, 0.25) is 5.02 Å². The van der Waals surface area contributed by atoms with Gasteiger partial charge in [-0.2, -0.15) is 5.10 Å². The van der Waals surface area contributed by atoms with Gasteiger partial charge in [0.2, 0.25) is 5.91 Å². The molecule has 1 amide bonds. The van der Waals surface area contributed by atoms with E-state index < -0.39 is 6.10 Å². The maximum atomic E-state index is 13.0. The first kappa shape index (κ1) is 25.7. The molecule has 1 aromatic carbocycles. The first-order valence-electron chi connectivity index (χ1n) is 13.7. The standard InChI is InChI=1S/C29H36ClN5O3/c1-17(2)35-25(4-7-32-35)22-13-23(22)28(37)33-27-12-19-10-21(24(30)11-20(19)14-31-27)18-5-8-34(9-6-18)29(3)16-38-15-26(29)36/h4,7,10-12,14,17-18,22-23,26,36H,5-6,8-9,13,15-16H2,1-3H3,(H,31,33,37). The van der Waals surface area contributed by atoms with E-state index in [9.17, 15) is 9.90 Å². The lowest BCUT2D eigenvalue weighted by molar-refractivity contribution is -0.117. The molecule has 4 unspecified atom stereocenters. The third-order valence-electron chi connectivity index (χ3n) is 8.83.